The minimum Gasteiger partial charge on any atom is -0.352 e. The van der Waals surface area contributed by atoms with Crippen molar-refractivity contribution < 1.29 is 4.92 Å². The van der Waals surface area contributed by atoms with Crippen LogP contribution in [-0.4, -0.2) is 34.4 Å². The van der Waals surface area contributed by atoms with Crippen LogP contribution in [0.2, 0.25) is 5.02 Å². The van der Waals surface area contributed by atoms with Crippen molar-refractivity contribution in [2.75, 3.05) is 14.1 Å². The van der Waals surface area contributed by atoms with E-state index in [0.29, 0.717) is 24.1 Å². The van der Waals surface area contributed by atoms with Crippen LogP contribution in [0.25, 0.3) is 0 Å². The monoisotopic (exact) mass is 477 g/mol. The molecule has 0 spiro atoms. The van der Waals surface area contributed by atoms with Gasteiger partial charge in [-0.3, -0.25) is 15.1 Å². The van der Waals surface area contributed by atoms with E-state index in [1.807, 2.05) is 41.9 Å². The quantitative estimate of drug-likeness (QED) is 0.235. The number of nitro groups is 1. The van der Waals surface area contributed by atoms with E-state index in [1.165, 1.54) is 6.07 Å². The summed E-state index contributed by atoms with van der Waals surface area (Å²) in [6.45, 7) is 1.09. The van der Waals surface area contributed by atoms with Crippen molar-refractivity contribution in [2.24, 2.45) is 12.0 Å². The SMILES string of the molecule is CN=C(NCc1cccc([N+](=O)[O-])c1)N(C)Cc1cc(Cl)cn1C.I. The highest BCUT2D eigenvalue weighted by molar-refractivity contribution is 14.0. The maximum atomic E-state index is 10.8. The van der Waals surface area contributed by atoms with Gasteiger partial charge in [0.05, 0.1) is 16.5 Å². The van der Waals surface area contributed by atoms with Gasteiger partial charge in [-0.05, 0) is 11.6 Å². The summed E-state index contributed by atoms with van der Waals surface area (Å²) in [7, 11) is 5.56. The molecule has 0 aliphatic heterocycles. The molecule has 0 bridgehead atoms. The van der Waals surface area contributed by atoms with Crippen molar-refractivity contribution in [1.82, 2.24) is 14.8 Å². The molecular weight excluding hydrogens is 457 g/mol. The van der Waals surface area contributed by atoms with E-state index in [1.54, 1.807) is 19.2 Å². The van der Waals surface area contributed by atoms with Gasteiger partial charge in [0.1, 0.15) is 0 Å². The number of halogens is 2. The molecule has 0 aliphatic carbocycles. The molecule has 1 aromatic heterocycles. The normalized spacial score (nSPS) is 11.0. The van der Waals surface area contributed by atoms with Crippen molar-refractivity contribution in [3.8, 4) is 0 Å². The van der Waals surface area contributed by atoms with E-state index in [2.05, 4.69) is 10.3 Å². The maximum Gasteiger partial charge on any atom is 0.269 e. The molecule has 1 N–H and O–H groups in total. The molecule has 0 atom stereocenters. The van der Waals surface area contributed by atoms with E-state index < -0.39 is 4.92 Å². The molecule has 0 aliphatic rings. The lowest BCUT2D eigenvalue weighted by atomic mass is 10.2. The Morgan fingerprint density at radius 3 is 2.72 bits per heavy atom. The Balaban J connectivity index is 0.00000312. The van der Waals surface area contributed by atoms with Gasteiger partial charge in [-0.2, -0.15) is 0 Å². The second-order valence-corrected chi connectivity index (χ2v) is 5.88. The highest BCUT2D eigenvalue weighted by Gasteiger charge is 2.11. The summed E-state index contributed by atoms with van der Waals surface area (Å²) in [5.41, 5.74) is 1.96. The molecule has 9 heteroatoms. The first-order valence-electron chi connectivity index (χ1n) is 7.36. The number of aromatic nitrogens is 1. The Hall–Kier alpha value is -1.81. The number of hydrogen-bond acceptors (Lipinski definition) is 3. The summed E-state index contributed by atoms with van der Waals surface area (Å²) < 4.78 is 1.96. The molecule has 1 heterocycles. The van der Waals surface area contributed by atoms with Crippen LogP contribution in [-0.2, 0) is 20.1 Å². The summed E-state index contributed by atoms with van der Waals surface area (Å²) in [6, 6.07) is 8.45. The summed E-state index contributed by atoms with van der Waals surface area (Å²) >= 11 is 6.00. The van der Waals surface area contributed by atoms with Crippen molar-refractivity contribution in [3.63, 3.8) is 0 Å². The fourth-order valence-corrected chi connectivity index (χ4v) is 2.66. The second kappa shape index (κ2) is 9.62. The molecule has 1 aromatic carbocycles. The second-order valence-electron chi connectivity index (χ2n) is 5.44. The van der Waals surface area contributed by atoms with Gasteiger partial charge >= 0.3 is 0 Å². The third-order valence-electron chi connectivity index (χ3n) is 3.62. The van der Waals surface area contributed by atoms with Crippen LogP contribution in [0.3, 0.4) is 0 Å². The summed E-state index contributed by atoms with van der Waals surface area (Å²) in [4.78, 5) is 16.6. The largest absolute Gasteiger partial charge is 0.352 e. The first kappa shape index (κ1) is 21.2. The maximum absolute atomic E-state index is 10.8. The number of benzene rings is 1. The Morgan fingerprint density at radius 1 is 1.44 bits per heavy atom. The van der Waals surface area contributed by atoms with Crippen molar-refractivity contribution in [1.29, 1.82) is 0 Å². The molecule has 136 valence electrons. The van der Waals surface area contributed by atoms with Crippen LogP contribution in [0.5, 0.6) is 0 Å². The van der Waals surface area contributed by atoms with Crippen LogP contribution in [0.1, 0.15) is 11.3 Å². The number of hydrogen-bond donors (Lipinski definition) is 1. The summed E-state index contributed by atoms with van der Waals surface area (Å²) in [5.74, 6) is 0.693. The van der Waals surface area contributed by atoms with Crippen molar-refractivity contribution in [3.05, 3.63) is 62.9 Å². The van der Waals surface area contributed by atoms with Crippen LogP contribution in [0.15, 0.2) is 41.5 Å². The molecule has 2 rings (SSSR count). The fraction of sp³-hybridized carbons (Fsp3) is 0.312. The zero-order chi connectivity index (χ0) is 17.7. The first-order valence-corrected chi connectivity index (χ1v) is 7.74. The first-order chi connectivity index (χ1) is 11.4. The number of non-ortho nitro benzene ring substituents is 1. The Labute approximate surface area is 168 Å². The molecule has 0 saturated carbocycles. The van der Waals surface area contributed by atoms with Gasteiger partial charge < -0.3 is 14.8 Å². The van der Waals surface area contributed by atoms with Gasteiger partial charge in [0.2, 0.25) is 0 Å². The number of aryl methyl sites for hydroxylation is 1. The molecule has 25 heavy (non-hydrogen) atoms. The van der Waals surface area contributed by atoms with Crippen LogP contribution in [0, 0.1) is 10.1 Å². The van der Waals surface area contributed by atoms with Gasteiger partial charge in [0.15, 0.2) is 5.96 Å². The van der Waals surface area contributed by atoms with E-state index >= 15 is 0 Å². The minimum absolute atomic E-state index is 0. The topological polar surface area (TPSA) is 75.7 Å². The molecular formula is C16H21ClIN5O2. The molecule has 0 amide bonds. The zero-order valence-corrected chi connectivity index (χ0v) is 17.4. The standard InChI is InChI=1S/C16H20ClN5O2.HI/c1-18-16(21(3)11-15-8-13(17)10-20(15)2)19-9-12-5-4-6-14(7-12)22(23)24;/h4-8,10H,9,11H2,1-3H3,(H,18,19);1H. The van der Waals surface area contributed by atoms with E-state index in [9.17, 15) is 10.1 Å². The van der Waals surface area contributed by atoms with Gasteiger partial charge in [0, 0.05) is 51.7 Å². The van der Waals surface area contributed by atoms with Gasteiger partial charge in [-0.15, -0.1) is 24.0 Å². The lowest BCUT2D eigenvalue weighted by Crippen LogP contribution is -2.38. The number of rotatable bonds is 5. The van der Waals surface area contributed by atoms with Gasteiger partial charge in [-0.1, -0.05) is 23.7 Å². The molecule has 0 saturated heterocycles. The van der Waals surface area contributed by atoms with Gasteiger partial charge in [0.25, 0.3) is 5.69 Å². The molecule has 0 unspecified atom stereocenters. The van der Waals surface area contributed by atoms with Crippen molar-refractivity contribution >= 4 is 47.2 Å². The molecule has 7 nitrogen and oxygen atoms in total. The van der Waals surface area contributed by atoms with Crippen LogP contribution < -0.4 is 5.32 Å². The Kier molecular flexibility index (Phi) is 8.17. The van der Waals surface area contributed by atoms with Crippen LogP contribution >= 0.6 is 35.6 Å². The zero-order valence-electron chi connectivity index (χ0n) is 14.3. The molecule has 2 aromatic rings. The average Bonchev–Trinajstić information content (AvgIpc) is 2.85. The highest BCUT2D eigenvalue weighted by Crippen LogP contribution is 2.15. The lowest BCUT2D eigenvalue weighted by Gasteiger charge is -2.22. The number of guanidine groups is 1. The number of nitro benzene ring substituents is 1. The Morgan fingerprint density at radius 2 is 2.16 bits per heavy atom. The third kappa shape index (κ3) is 5.89. The third-order valence-corrected chi connectivity index (χ3v) is 3.83. The molecule has 0 radical (unpaired) electrons. The minimum atomic E-state index is -0.399. The lowest BCUT2D eigenvalue weighted by molar-refractivity contribution is -0.384. The van der Waals surface area contributed by atoms with Crippen molar-refractivity contribution in [2.45, 2.75) is 13.1 Å². The predicted molar refractivity (Wildman–Crippen MR) is 111 cm³/mol. The summed E-state index contributed by atoms with van der Waals surface area (Å²) in [6.07, 6.45) is 1.85. The molecule has 0 fully saturated rings. The number of aliphatic imine (C=N–C) groups is 1. The smallest absolute Gasteiger partial charge is 0.269 e. The average molecular weight is 478 g/mol. The predicted octanol–water partition coefficient (Wildman–Crippen LogP) is 3.41. The Bertz CT molecular complexity index is 763. The van der Waals surface area contributed by atoms with E-state index in [-0.39, 0.29) is 29.7 Å². The van der Waals surface area contributed by atoms with E-state index in [4.69, 9.17) is 11.6 Å². The summed E-state index contributed by atoms with van der Waals surface area (Å²) in [5, 5.41) is 14.7. The highest BCUT2D eigenvalue weighted by atomic mass is 127. The fourth-order valence-electron chi connectivity index (χ4n) is 2.39. The number of nitrogens with one attached hydrogen (secondary N) is 1. The van der Waals surface area contributed by atoms with Gasteiger partial charge in [-0.25, -0.2) is 0 Å². The van der Waals surface area contributed by atoms with E-state index in [0.717, 1.165) is 11.3 Å². The number of nitrogens with zero attached hydrogens (tertiary/aromatic N) is 4. The van der Waals surface area contributed by atoms with Crippen LogP contribution in [0.4, 0.5) is 5.69 Å².